The molecule has 0 aliphatic carbocycles. The number of hydrogen-bond acceptors (Lipinski definition) is 8. The van der Waals surface area contributed by atoms with Crippen LogP contribution in [0, 0.1) is 0 Å². The molecule has 0 spiro atoms. The van der Waals surface area contributed by atoms with E-state index < -0.39 is 0 Å². The molecule has 0 bridgehead atoms. The Morgan fingerprint density at radius 1 is 1.33 bits per heavy atom. The molecule has 1 aromatic carbocycles. The van der Waals surface area contributed by atoms with Crippen LogP contribution in [0.4, 0.5) is 11.7 Å². The molecule has 0 saturated heterocycles. The van der Waals surface area contributed by atoms with Crippen molar-refractivity contribution in [3.8, 4) is 0 Å². The summed E-state index contributed by atoms with van der Waals surface area (Å²) in [6.45, 7) is 1.91. The van der Waals surface area contributed by atoms with E-state index in [2.05, 4.69) is 25.8 Å². The van der Waals surface area contributed by atoms with Gasteiger partial charge >= 0.3 is 6.01 Å². The number of thiazole rings is 1. The molecule has 0 saturated carbocycles. The van der Waals surface area contributed by atoms with Gasteiger partial charge in [-0.2, -0.15) is 0 Å². The van der Waals surface area contributed by atoms with Crippen molar-refractivity contribution in [2.24, 2.45) is 0 Å². The van der Waals surface area contributed by atoms with Crippen molar-refractivity contribution in [1.29, 1.82) is 0 Å². The molecule has 0 atom stereocenters. The fraction of sp³-hybridized carbons (Fsp3) is 0.308. The third-order valence-corrected chi connectivity index (χ3v) is 3.60. The third kappa shape index (κ3) is 3.54. The van der Waals surface area contributed by atoms with Crippen LogP contribution in [0.1, 0.15) is 5.89 Å². The van der Waals surface area contributed by atoms with E-state index in [0.29, 0.717) is 25.1 Å². The van der Waals surface area contributed by atoms with Crippen molar-refractivity contribution in [2.75, 3.05) is 25.6 Å². The number of nitrogens with one attached hydrogen (secondary N) is 2. The lowest BCUT2D eigenvalue weighted by Gasteiger charge is -2.01. The van der Waals surface area contributed by atoms with Gasteiger partial charge < -0.3 is 19.8 Å². The summed E-state index contributed by atoms with van der Waals surface area (Å²) in [4.78, 5) is 4.24. The van der Waals surface area contributed by atoms with Crippen molar-refractivity contribution >= 4 is 33.3 Å². The van der Waals surface area contributed by atoms with Crippen LogP contribution in [0.25, 0.3) is 10.2 Å². The number of benzene rings is 1. The monoisotopic (exact) mass is 305 g/mol. The molecule has 3 rings (SSSR count). The van der Waals surface area contributed by atoms with E-state index in [1.807, 2.05) is 23.7 Å². The van der Waals surface area contributed by atoms with Gasteiger partial charge in [0.1, 0.15) is 0 Å². The van der Waals surface area contributed by atoms with Crippen LogP contribution in [0.3, 0.4) is 0 Å². The van der Waals surface area contributed by atoms with Crippen molar-refractivity contribution in [3.05, 3.63) is 29.6 Å². The molecular formula is C13H15N5O2S. The zero-order valence-electron chi connectivity index (χ0n) is 11.5. The van der Waals surface area contributed by atoms with Crippen molar-refractivity contribution < 1.29 is 9.15 Å². The number of rotatable bonds is 7. The number of ether oxygens (including phenoxy) is 1. The number of anilines is 2. The van der Waals surface area contributed by atoms with Crippen LogP contribution >= 0.6 is 11.3 Å². The predicted molar refractivity (Wildman–Crippen MR) is 80.8 cm³/mol. The van der Waals surface area contributed by atoms with E-state index >= 15 is 0 Å². The second-order valence-electron chi connectivity index (χ2n) is 4.33. The van der Waals surface area contributed by atoms with Gasteiger partial charge in [-0.05, 0) is 18.2 Å². The van der Waals surface area contributed by atoms with Crippen LogP contribution in [0.15, 0.2) is 28.1 Å². The maximum absolute atomic E-state index is 5.51. The standard InChI is InChI=1S/C13H15N5O2S/c1-19-5-4-14-7-12-17-18-13(20-12)16-9-2-3-10-11(6-9)21-8-15-10/h2-3,6,8,14H,4-5,7H2,1H3,(H,16,18). The summed E-state index contributed by atoms with van der Waals surface area (Å²) in [5.74, 6) is 0.535. The molecule has 0 aliphatic heterocycles. The van der Waals surface area contributed by atoms with E-state index in [0.717, 1.165) is 22.4 Å². The minimum Gasteiger partial charge on any atom is -0.406 e. The van der Waals surface area contributed by atoms with Gasteiger partial charge in [-0.25, -0.2) is 4.98 Å². The minimum atomic E-state index is 0.377. The quantitative estimate of drug-likeness (QED) is 0.647. The van der Waals surface area contributed by atoms with Gasteiger partial charge in [0.15, 0.2) is 0 Å². The van der Waals surface area contributed by atoms with E-state index in [1.165, 1.54) is 0 Å². The fourth-order valence-electron chi connectivity index (χ4n) is 1.80. The SMILES string of the molecule is COCCNCc1nnc(Nc2ccc3ncsc3c2)o1. The Labute approximate surface area is 125 Å². The second kappa shape index (κ2) is 6.61. The van der Waals surface area contributed by atoms with Crippen LogP contribution in [-0.4, -0.2) is 35.4 Å². The highest BCUT2D eigenvalue weighted by Gasteiger charge is 2.06. The van der Waals surface area contributed by atoms with Crippen molar-refractivity contribution in [2.45, 2.75) is 6.54 Å². The van der Waals surface area contributed by atoms with Gasteiger partial charge in [0.2, 0.25) is 5.89 Å². The third-order valence-electron chi connectivity index (χ3n) is 2.81. The van der Waals surface area contributed by atoms with Gasteiger partial charge in [-0.3, -0.25) is 0 Å². The molecule has 2 N–H and O–H groups in total. The molecule has 0 radical (unpaired) electrons. The molecule has 0 unspecified atom stereocenters. The molecule has 0 fully saturated rings. The first-order valence-electron chi connectivity index (χ1n) is 6.47. The summed E-state index contributed by atoms with van der Waals surface area (Å²) in [6.07, 6.45) is 0. The Balaban J connectivity index is 1.60. The summed E-state index contributed by atoms with van der Waals surface area (Å²) in [6, 6.07) is 6.27. The molecule has 8 heteroatoms. The summed E-state index contributed by atoms with van der Waals surface area (Å²) < 4.78 is 11.6. The van der Waals surface area contributed by atoms with Crippen LogP contribution < -0.4 is 10.6 Å². The van der Waals surface area contributed by atoms with Crippen LogP contribution in [-0.2, 0) is 11.3 Å². The lowest BCUT2D eigenvalue weighted by atomic mass is 10.3. The Morgan fingerprint density at radius 2 is 2.29 bits per heavy atom. The molecule has 7 nitrogen and oxygen atoms in total. The van der Waals surface area contributed by atoms with E-state index in [4.69, 9.17) is 9.15 Å². The maximum atomic E-state index is 5.51. The maximum Gasteiger partial charge on any atom is 0.320 e. The zero-order chi connectivity index (χ0) is 14.5. The molecule has 3 aromatic rings. The summed E-state index contributed by atoms with van der Waals surface area (Å²) >= 11 is 1.59. The average Bonchev–Trinajstić information content (AvgIpc) is 3.12. The van der Waals surface area contributed by atoms with Crippen LogP contribution in [0.2, 0.25) is 0 Å². The Morgan fingerprint density at radius 3 is 3.19 bits per heavy atom. The first-order chi connectivity index (χ1) is 10.3. The summed E-state index contributed by atoms with van der Waals surface area (Å²) in [5.41, 5.74) is 3.71. The smallest absolute Gasteiger partial charge is 0.320 e. The van der Waals surface area contributed by atoms with Crippen molar-refractivity contribution in [1.82, 2.24) is 20.5 Å². The Kier molecular flexibility index (Phi) is 4.39. The lowest BCUT2D eigenvalue weighted by Crippen LogP contribution is -2.18. The van der Waals surface area contributed by atoms with E-state index in [1.54, 1.807) is 18.4 Å². The van der Waals surface area contributed by atoms with Crippen molar-refractivity contribution in [3.63, 3.8) is 0 Å². The van der Waals surface area contributed by atoms with Gasteiger partial charge in [0.25, 0.3) is 0 Å². The fourth-order valence-corrected chi connectivity index (χ4v) is 2.52. The molecule has 0 amide bonds. The minimum absolute atomic E-state index is 0.377. The second-order valence-corrected chi connectivity index (χ2v) is 5.22. The van der Waals surface area contributed by atoms with E-state index in [9.17, 15) is 0 Å². The van der Waals surface area contributed by atoms with Gasteiger partial charge in [0, 0.05) is 19.3 Å². The topological polar surface area (TPSA) is 85.1 Å². The number of fused-ring (bicyclic) bond motifs is 1. The number of aromatic nitrogens is 3. The highest BCUT2D eigenvalue weighted by molar-refractivity contribution is 7.16. The largest absolute Gasteiger partial charge is 0.406 e. The highest BCUT2D eigenvalue weighted by Crippen LogP contribution is 2.23. The van der Waals surface area contributed by atoms with Gasteiger partial charge in [-0.1, -0.05) is 5.10 Å². The predicted octanol–water partition coefficient (Wildman–Crippen LogP) is 2.16. The first kappa shape index (κ1) is 13.9. The normalized spacial score (nSPS) is 11.1. The zero-order valence-corrected chi connectivity index (χ0v) is 12.3. The highest BCUT2D eigenvalue weighted by atomic mass is 32.1. The first-order valence-corrected chi connectivity index (χ1v) is 7.35. The summed E-state index contributed by atoms with van der Waals surface area (Å²) in [7, 11) is 1.66. The number of nitrogens with zero attached hydrogens (tertiary/aromatic N) is 3. The Hall–Kier alpha value is -2.03. The molecule has 0 aliphatic rings. The molecule has 110 valence electrons. The lowest BCUT2D eigenvalue weighted by molar-refractivity contribution is 0.198. The Bertz CT molecular complexity index is 711. The molecule has 2 heterocycles. The average molecular weight is 305 g/mol. The number of hydrogen-bond donors (Lipinski definition) is 2. The van der Waals surface area contributed by atoms with E-state index in [-0.39, 0.29) is 0 Å². The summed E-state index contributed by atoms with van der Waals surface area (Å²) in [5, 5.41) is 14.2. The molecule has 21 heavy (non-hydrogen) atoms. The van der Waals surface area contributed by atoms with Gasteiger partial charge in [-0.15, -0.1) is 16.4 Å². The number of methoxy groups -OCH3 is 1. The molecular weight excluding hydrogens is 290 g/mol. The molecule has 2 aromatic heterocycles. The van der Waals surface area contributed by atoms with Crippen LogP contribution in [0.5, 0.6) is 0 Å². The van der Waals surface area contributed by atoms with Gasteiger partial charge in [0.05, 0.1) is 28.9 Å².